The van der Waals surface area contributed by atoms with Gasteiger partial charge in [-0.05, 0) is 30.2 Å². The first-order valence-corrected chi connectivity index (χ1v) is 6.15. The smallest absolute Gasteiger partial charge is 0.0846 e. The lowest BCUT2D eigenvalue weighted by atomic mass is 10.0. The van der Waals surface area contributed by atoms with E-state index in [0.717, 1.165) is 23.4 Å². The average molecular weight is 245 g/mol. The minimum atomic E-state index is -0.548. The summed E-state index contributed by atoms with van der Waals surface area (Å²) in [6, 6.07) is 9.40. The number of aromatic nitrogens is 2. The first kappa shape index (κ1) is 12.6. The molecule has 1 unspecified atom stereocenters. The maximum atomic E-state index is 10.2. The highest BCUT2D eigenvalue weighted by Gasteiger charge is 2.12. The second-order valence-corrected chi connectivity index (χ2v) is 4.49. The Kier molecular flexibility index (Phi) is 3.67. The molecule has 4 heteroatoms. The van der Waals surface area contributed by atoms with Gasteiger partial charge in [-0.3, -0.25) is 4.68 Å². The van der Waals surface area contributed by atoms with Crippen LogP contribution in [0.25, 0.3) is 0 Å². The fourth-order valence-electron chi connectivity index (χ4n) is 2.02. The molecule has 0 amide bonds. The van der Waals surface area contributed by atoms with Crippen LogP contribution < -0.4 is 5.73 Å². The molecule has 0 aliphatic carbocycles. The minimum Gasteiger partial charge on any atom is -0.399 e. The largest absolute Gasteiger partial charge is 0.399 e. The van der Waals surface area contributed by atoms with Gasteiger partial charge in [-0.2, -0.15) is 5.10 Å². The van der Waals surface area contributed by atoms with Gasteiger partial charge in [0.15, 0.2) is 0 Å². The molecule has 2 aromatic rings. The molecule has 96 valence electrons. The summed E-state index contributed by atoms with van der Waals surface area (Å²) in [6.07, 6.45) is 0.906. The molecule has 3 N–H and O–H groups in total. The Morgan fingerprint density at radius 3 is 2.78 bits per heavy atom. The van der Waals surface area contributed by atoms with Gasteiger partial charge in [-0.15, -0.1) is 0 Å². The van der Waals surface area contributed by atoms with Crippen molar-refractivity contribution in [1.29, 1.82) is 0 Å². The van der Waals surface area contributed by atoms with Crippen LogP contribution >= 0.6 is 0 Å². The van der Waals surface area contributed by atoms with Crippen LogP contribution in [0.2, 0.25) is 0 Å². The number of nitrogen functional groups attached to an aromatic ring is 1. The number of rotatable bonds is 4. The molecule has 1 atom stereocenters. The lowest BCUT2D eigenvalue weighted by molar-refractivity contribution is 0.176. The predicted molar refractivity (Wildman–Crippen MR) is 72.1 cm³/mol. The molecular weight excluding hydrogens is 226 g/mol. The van der Waals surface area contributed by atoms with Crippen LogP contribution in [0.15, 0.2) is 30.3 Å². The average Bonchev–Trinajstić information content (AvgIpc) is 2.70. The van der Waals surface area contributed by atoms with Crippen molar-refractivity contribution in [2.75, 3.05) is 5.73 Å². The highest BCUT2D eigenvalue weighted by atomic mass is 16.3. The minimum absolute atomic E-state index is 0.548. The molecule has 0 bridgehead atoms. The quantitative estimate of drug-likeness (QED) is 0.808. The Morgan fingerprint density at radius 1 is 1.39 bits per heavy atom. The SMILES string of the molecule is CCc1cc(CC(O)c2cccc(N)c2)n(C)n1. The zero-order chi connectivity index (χ0) is 13.1. The van der Waals surface area contributed by atoms with E-state index < -0.39 is 6.10 Å². The number of benzene rings is 1. The summed E-state index contributed by atoms with van der Waals surface area (Å²) < 4.78 is 1.83. The molecule has 0 aliphatic heterocycles. The summed E-state index contributed by atoms with van der Waals surface area (Å²) in [4.78, 5) is 0. The normalized spacial score (nSPS) is 12.6. The van der Waals surface area contributed by atoms with Crippen molar-refractivity contribution in [1.82, 2.24) is 9.78 Å². The molecule has 0 saturated heterocycles. The van der Waals surface area contributed by atoms with Crippen LogP contribution in [0.1, 0.15) is 30.0 Å². The number of anilines is 1. The van der Waals surface area contributed by atoms with Crippen LogP contribution in [0.3, 0.4) is 0 Å². The Labute approximate surface area is 107 Å². The first-order chi connectivity index (χ1) is 8.60. The van der Waals surface area contributed by atoms with Crippen LogP contribution in [0.4, 0.5) is 5.69 Å². The van der Waals surface area contributed by atoms with Gasteiger partial charge in [0.1, 0.15) is 0 Å². The number of hydrogen-bond donors (Lipinski definition) is 2. The fourth-order valence-corrected chi connectivity index (χ4v) is 2.02. The predicted octanol–water partition coefficient (Wildman–Crippen LogP) is 1.84. The zero-order valence-electron chi connectivity index (χ0n) is 10.8. The molecule has 1 aromatic carbocycles. The Hall–Kier alpha value is -1.81. The molecule has 0 saturated carbocycles. The molecule has 18 heavy (non-hydrogen) atoms. The number of aryl methyl sites for hydroxylation is 2. The molecule has 2 rings (SSSR count). The third-order valence-corrected chi connectivity index (χ3v) is 3.09. The van der Waals surface area contributed by atoms with Gasteiger partial charge in [-0.25, -0.2) is 0 Å². The second-order valence-electron chi connectivity index (χ2n) is 4.49. The molecule has 1 aromatic heterocycles. The lowest BCUT2D eigenvalue weighted by Crippen LogP contribution is -2.06. The molecule has 0 fully saturated rings. The van der Waals surface area contributed by atoms with Crippen molar-refractivity contribution in [3.8, 4) is 0 Å². The maximum Gasteiger partial charge on any atom is 0.0846 e. The number of aliphatic hydroxyl groups excluding tert-OH is 1. The van der Waals surface area contributed by atoms with Crippen molar-refractivity contribution in [3.05, 3.63) is 47.3 Å². The van der Waals surface area contributed by atoms with E-state index in [0.29, 0.717) is 12.1 Å². The van der Waals surface area contributed by atoms with Gasteiger partial charge in [0.05, 0.1) is 11.8 Å². The fraction of sp³-hybridized carbons (Fsp3) is 0.357. The van der Waals surface area contributed by atoms with Crippen molar-refractivity contribution >= 4 is 5.69 Å². The van der Waals surface area contributed by atoms with Gasteiger partial charge < -0.3 is 10.8 Å². The number of hydrogen-bond acceptors (Lipinski definition) is 3. The summed E-state index contributed by atoms with van der Waals surface area (Å²) in [7, 11) is 1.90. The van der Waals surface area contributed by atoms with Gasteiger partial charge in [0.25, 0.3) is 0 Å². The molecular formula is C14H19N3O. The van der Waals surface area contributed by atoms with Crippen LogP contribution in [-0.2, 0) is 19.9 Å². The van der Waals surface area contributed by atoms with E-state index in [2.05, 4.69) is 12.0 Å². The summed E-state index contributed by atoms with van der Waals surface area (Å²) >= 11 is 0. The zero-order valence-corrected chi connectivity index (χ0v) is 10.8. The molecule has 0 spiro atoms. The van der Waals surface area contributed by atoms with Crippen molar-refractivity contribution < 1.29 is 5.11 Å². The standard InChI is InChI=1S/C14H19N3O/c1-3-12-8-13(17(2)16-12)9-14(18)10-5-4-6-11(15)7-10/h4-8,14,18H,3,9,15H2,1-2H3. The van der Waals surface area contributed by atoms with Crippen LogP contribution in [0.5, 0.6) is 0 Å². The second kappa shape index (κ2) is 5.23. The number of nitrogens with two attached hydrogens (primary N) is 1. The van der Waals surface area contributed by atoms with Crippen molar-refractivity contribution in [3.63, 3.8) is 0 Å². The van der Waals surface area contributed by atoms with E-state index in [9.17, 15) is 5.11 Å². The van der Waals surface area contributed by atoms with E-state index in [-0.39, 0.29) is 0 Å². The highest BCUT2D eigenvalue weighted by Crippen LogP contribution is 2.20. The molecule has 0 aliphatic rings. The van der Waals surface area contributed by atoms with E-state index in [4.69, 9.17) is 5.73 Å². The first-order valence-electron chi connectivity index (χ1n) is 6.15. The van der Waals surface area contributed by atoms with Crippen molar-refractivity contribution in [2.45, 2.75) is 25.9 Å². The lowest BCUT2D eigenvalue weighted by Gasteiger charge is -2.11. The van der Waals surface area contributed by atoms with Gasteiger partial charge in [-0.1, -0.05) is 19.1 Å². The van der Waals surface area contributed by atoms with Gasteiger partial charge in [0, 0.05) is 24.8 Å². The van der Waals surface area contributed by atoms with E-state index >= 15 is 0 Å². The van der Waals surface area contributed by atoms with Gasteiger partial charge in [0.2, 0.25) is 0 Å². The molecule has 0 radical (unpaired) electrons. The highest BCUT2D eigenvalue weighted by molar-refractivity contribution is 5.41. The summed E-state index contributed by atoms with van der Waals surface area (Å²) in [5.41, 5.74) is 9.31. The monoisotopic (exact) mass is 245 g/mol. The third kappa shape index (κ3) is 2.71. The number of aliphatic hydroxyl groups is 1. The van der Waals surface area contributed by atoms with Crippen LogP contribution in [-0.4, -0.2) is 14.9 Å². The topological polar surface area (TPSA) is 64.1 Å². The molecule has 1 heterocycles. The Bertz CT molecular complexity index is 534. The van der Waals surface area contributed by atoms with E-state index in [1.807, 2.05) is 42.1 Å². The number of nitrogens with zero attached hydrogens (tertiary/aromatic N) is 2. The Balaban J connectivity index is 2.15. The maximum absolute atomic E-state index is 10.2. The van der Waals surface area contributed by atoms with Gasteiger partial charge >= 0.3 is 0 Å². The van der Waals surface area contributed by atoms with E-state index in [1.54, 1.807) is 0 Å². The summed E-state index contributed by atoms with van der Waals surface area (Å²) in [6.45, 7) is 2.07. The Morgan fingerprint density at radius 2 is 2.17 bits per heavy atom. The molecule has 4 nitrogen and oxygen atoms in total. The van der Waals surface area contributed by atoms with E-state index in [1.165, 1.54) is 0 Å². The summed E-state index contributed by atoms with van der Waals surface area (Å²) in [5, 5.41) is 14.6. The summed E-state index contributed by atoms with van der Waals surface area (Å²) in [5.74, 6) is 0. The van der Waals surface area contributed by atoms with Crippen molar-refractivity contribution in [2.24, 2.45) is 7.05 Å². The van der Waals surface area contributed by atoms with Crippen LogP contribution in [0, 0.1) is 0 Å². The third-order valence-electron chi connectivity index (χ3n) is 3.09.